The highest BCUT2D eigenvalue weighted by Gasteiger charge is 2.12. The zero-order chi connectivity index (χ0) is 16.7. The van der Waals surface area contributed by atoms with Crippen molar-refractivity contribution < 1.29 is 4.39 Å². The van der Waals surface area contributed by atoms with Crippen molar-refractivity contribution in [1.82, 2.24) is 14.6 Å². The third-order valence-electron chi connectivity index (χ3n) is 3.86. The SMILES string of the molecule is Cc1nc2c([nH]c3ccccc32)c(=O)n1/N=C/c1ccc(F)cc1. The van der Waals surface area contributed by atoms with Crippen LogP contribution in [0.3, 0.4) is 0 Å². The fraction of sp³-hybridized carbons (Fsp3) is 0.0556. The highest BCUT2D eigenvalue weighted by molar-refractivity contribution is 6.04. The van der Waals surface area contributed by atoms with Gasteiger partial charge >= 0.3 is 0 Å². The van der Waals surface area contributed by atoms with Crippen molar-refractivity contribution in [3.8, 4) is 0 Å². The van der Waals surface area contributed by atoms with Gasteiger partial charge in [0.25, 0.3) is 5.56 Å². The van der Waals surface area contributed by atoms with Gasteiger partial charge in [0.1, 0.15) is 22.7 Å². The third kappa shape index (κ3) is 2.28. The topological polar surface area (TPSA) is 63.0 Å². The first-order chi connectivity index (χ1) is 11.6. The number of halogens is 1. The molecule has 0 aliphatic rings. The smallest absolute Gasteiger partial charge is 0.298 e. The molecular formula is C18H13FN4O. The van der Waals surface area contributed by atoms with Gasteiger partial charge in [0, 0.05) is 10.9 Å². The van der Waals surface area contributed by atoms with E-state index in [1.807, 2.05) is 24.3 Å². The Kier molecular flexibility index (Phi) is 3.23. The molecule has 24 heavy (non-hydrogen) atoms. The molecule has 4 aromatic rings. The molecular weight excluding hydrogens is 307 g/mol. The Morgan fingerprint density at radius 2 is 1.92 bits per heavy atom. The minimum atomic E-state index is -0.318. The molecule has 0 amide bonds. The van der Waals surface area contributed by atoms with Gasteiger partial charge in [-0.25, -0.2) is 9.37 Å². The summed E-state index contributed by atoms with van der Waals surface area (Å²) in [6.07, 6.45) is 1.50. The van der Waals surface area contributed by atoms with E-state index >= 15 is 0 Å². The molecule has 0 radical (unpaired) electrons. The average Bonchev–Trinajstić information content (AvgIpc) is 2.95. The monoisotopic (exact) mass is 320 g/mol. The standard InChI is InChI=1S/C18H13FN4O/c1-11-21-16-14-4-2-3-5-15(14)22-17(16)18(24)23(11)20-10-12-6-8-13(19)9-7-12/h2-10,22H,1H3/b20-10+. The first-order valence-corrected chi connectivity index (χ1v) is 7.43. The van der Waals surface area contributed by atoms with E-state index in [2.05, 4.69) is 15.1 Å². The molecule has 5 nitrogen and oxygen atoms in total. The summed E-state index contributed by atoms with van der Waals surface area (Å²) in [4.78, 5) is 20.3. The van der Waals surface area contributed by atoms with Crippen molar-refractivity contribution in [2.24, 2.45) is 5.10 Å². The lowest BCUT2D eigenvalue weighted by Crippen LogP contribution is -2.20. The highest BCUT2D eigenvalue weighted by atomic mass is 19.1. The molecule has 6 heteroatoms. The summed E-state index contributed by atoms with van der Waals surface area (Å²) in [5, 5.41) is 5.10. The second-order valence-corrected chi connectivity index (χ2v) is 5.47. The number of fused-ring (bicyclic) bond motifs is 3. The minimum absolute atomic E-state index is 0.271. The molecule has 1 N–H and O–H groups in total. The van der Waals surface area contributed by atoms with E-state index < -0.39 is 0 Å². The van der Waals surface area contributed by atoms with E-state index in [1.165, 1.54) is 23.0 Å². The lowest BCUT2D eigenvalue weighted by Gasteiger charge is -2.03. The summed E-state index contributed by atoms with van der Waals surface area (Å²) in [6, 6.07) is 13.5. The number of nitrogens with one attached hydrogen (secondary N) is 1. The van der Waals surface area contributed by atoms with Gasteiger partial charge in [-0.15, -0.1) is 0 Å². The maximum absolute atomic E-state index is 12.9. The van der Waals surface area contributed by atoms with Crippen LogP contribution in [0.2, 0.25) is 0 Å². The summed E-state index contributed by atoms with van der Waals surface area (Å²) in [5.74, 6) is 0.164. The van der Waals surface area contributed by atoms with E-state index in [-0.39, 0.29) is 11.4 Å². The molecule has 4 rings (SSSR count). The normalized spacial score (nSPS) is 11.8. The first kappa shape index (κ1) is 14.3. The van der Waals surface area contributed by atoms with Crippen molar-refractivity contribution >= 4 is 28.2 Å². The Labute approximate surface area is 136 Å². The molecule has 0 aliphatic heterocycles. The van der Waals surface area contributed by atoms with Gasteiger partial charge in [0.15, 0.2) is 0 Å². The molecule has 2 aromatic heterocycles. The molecule has 0 unspecified atom stereocenters. The molecule has 0 spiro atoms. The van der Waals surface area contributed by atoms with Gasteiger partial charge in [0.2, 0.25) is 0 Å². The Morgan fingerprint density at radius 3 is 2.71 bits per heavy atom. The van der Waals surface area contributed by atoms with Gasteiger partial charge < -0.3 is 4.98 Å². The first-order valence-electron chi connectivity index (χ1n) is 7.43. The lowest BCUT2D eigenvalue weighted by molar-refractivity contribution is 0.628. The summed E-state index contributed by atoms with van der Waals surface area (Å²) >= 11 is 0. The third-order valence-corrected chi connectivity index (χ3v) is 3.86. The van der Waals surface area contributed by atoms with Crippen LogP contribution < -0.4 is 5.56 Å². The summed E-state index contributed by atoms with van der Waals surface area (Å²) in [5.41, 5.74) is 2.34. The Bertz CT molecular complexity index is 1140. The number of aromatic amines is 1. The zero-order valence-electron chi connectivity index (χ0n) is 12.8. The molecule has 2 heterocycles. The molecule has 0 atom stereocenters. The summed E-state index contributed by atoms with van der Waals surface area (Å²) < 4.78 is 14.2. The van der Waals surface area contributed by atoms with Crippen LogP contribution in [0.5, 0.6) is 0 Å². The van der Waals surface area contributed by atoms with Crippen molar-refractivity contribution in [2.45, 2.75) is 6.92 Å². The minimum Gasteiger partial charge on any atom is -0.349 e. The van der Waals surface area contributed by atoms with Crippen LogP contribution >= 0.6 is 0 Å². The predicted octanol–water partition coefficient (Wildman–Crippen LogP) is 3.21. The molecule has 2 aromatic carbocycles. The van der Waals surface area contributed by atoms with Gasteiger partial charge in [0.05, 0.1) is 6.21 Å². The lowest BCUT2D eigenvalue weighted by atomic mass is 10.2. The number of rotatable bonds is 2. The van der Waals surface area contributed by atoms with Gasteiger partial charge in [-0.3, -0.25) is 4.79 Å². The summed E-state index contributed by atoms with van der Waals surface area (Å²) in [6.45, 7) is 1.73. The Hall–Kier alpha value is -3.28. The number of para-hydroxylation sites is 1. The molecule has 0 fully saturated rings. The molecule has 0 bridgehead atoms. The van der Waals surface area contributed by atoms with Crippen molar-refractivity contribution in [3.05, 3.63) is 76.1 Å². The Balaban J connectivity index is 1.88. The van der Waals surface area contributed by atoms with E-state index in [0.717, 1.165) is 10.9 Å². The second-order valence-electron chi connectivity index (χ2n) is 5.47. The van der Waals surface area contributed by atoms with Crippen molar-refractivity contribution in [1.29, 1.82) is 0 Å². The maximum Gasteiger partial charge on any atom is 0.298 e. The molecule has 0 aliphatic carbocycles. The maximum atomic E-state index is 12.9. The van der Waals surface area contributed by atoms with E-state index in [0.29, 0.717) is 22.4 Å². The zero-order valence-corrected chi connectivity index (χ0v) is 12.8. The number of benzene rings is 2. The molecule has 0 saturated heterocycles. The summed E-state index contributed by atoms with van der Waals surface area (Å²) in [7, 11) is 0. The van der Waals surface area contributed by atoms with Gasteiger partial charge in [-0.1, -0.05) is 30.3 Å². The fourth-order valence-corrected chi connectivity index (χ4v) is 2.67. The van der Waals surface area contributed by atoms with Crippen LogP contribution in [0.15, 0.2) is 58.4 Å². The van der Waals surface area contributed by atoms with Crippen LogP contribution in [-0.4, -0.2) is 20.9 Å². The number of H-pyrrole nitrogens is 1. The average molecular weight is 320 g/mol. The van der Waals surface area contributed by atoms with Crippen LogP contribution in [0.1, 0.15) is 11.4 Å². The number of hydrogen-bond donors (Lipinski definition) is 1. The fourth-order valence-electron chi connectivity index (χ4n) is 2.67. The molecule has 118 valence electrons. The van der Waals surface area contributed by atoms with Crippen LogP contribution in [-0.2, 0) is 0 Å². The Morgan fingerprint density at radius 1 is 1.17 bits per heavy atom. The number of aromatic nitrogens is 3. The van der Waals surface area contributed by atoms with Crippen LogP contribution in [0.4, 0.5) is 4.39 Å². The number of nitrogens with zero attached hydrogens (tertiary/aromatic N) is 3. The number of hydrogen-bond acceptors (Lipinski definition) is 3. The van der Waals surface area contributed by atoms with E-state index in [4.69, 9.17) is 0 Å². The molecule has 0 saturated carbocycles. The number of aryl methyl sites for hydroxylation is 1. The highest BCUT2D eigenvalue weighted by Crippen LogP contribution is 2.21. The van der Waals surface area contributed by atoms with E-state index in [9.17, 15) is 9.18 Å². The van der Waals surface area contributed by atoms with Gasteiger partial charge in [-0.2, -0.15) is 9.78 Å². The second kappa shape index (κ2) is 5.42. The van der Waals surface area contributed by atoms with Gasteiger partial charge in [-0.05, 0) is 30.7 Å². The largest absolute Gasteiger partial charge is 0.349 e. The van der Waals surface area contributed by atoms with Crippen molar-refractivity contribution in [2.75, 3.05) is 0 Å². The van der Waals surface area contributed by atoms with Crippen LogP contribution in [0.25, 0.3) is 21.9 Å². The van der Waals surface area contributed by atoms with E-state index in [1.54, 1.807) is 19.1 Å². The quantitative estimate of drug-likeness (QED) is 0.576. The predicted molar refractivity (Wildman–Crippen MR) is 92.0 cm³/mol. The van der Waals surface area contributed by atoms with Crippen LogP contribution in [0, 0.1) is 12.7 Å². The van der Waals surface area contributed by atoms with Crippen molar-refractivity contribution in [3.63, 3.8) is 0 Å².